The maximum atomic E-state index is 4.76. The molecule has 3 saturated carbocycles. The smallest absolute Gasteiger partial charge is 0.0798 e. The van der Waals surface area contributed by atoms with Gasteiger partial charge in [0.1, 0.15) is 0 Å². The van der Waals surface area contributed by atoms with Crippen LogP contribution in [0.1, 0.15) is 64.0 Å². The van der Waals surface area contributed by atoms with Gasteiger partial charge in [0.05, 0.1) is 8.07 Å². The number of rotatable bonds is 7. The van der Waals surface area contributed by atoms with E-state index in [4.69, 9.17) is 9.97 Å². The molecule has 1 atom stereocenters. The molecule has 3 heterocycles. The standard InChI is InChI=1S/C32H28NS.C19H26NSi.Ir/c1-2-5-24(6-3-1)27-7-4-8-28-29-20-25(13-14-31(29)34-32(27)28)30-19-22(15-16-33-30)18-26-17-21-9-11-23(26)12-10-21;1-19(2,3)13-16-12-17(15-10-8-7-9-11-15)20-14-18(16)21(4,5)6;/h1-8,14-16,19-21,23,26H,9-12,17-18H2;7-10,12,14H,13H2,1-6H3;/q2*-1;. The summed E-state index contributed by atoms with van der Waals surface area (Å²) in [5.41, 5.74) is 10.0. The number of fused-ring (bicyclic) bond motifs is 6. The summed E-state index contributed by atoms with van der Waals surface area (Å²) in [6.45, 7) is 14.1. The van der Waals surface area contributed by atoms with Gasteiger partial charge >= 0.3 is 0 Å². The average molecular weight is 947 g/mol. The minimum atomic E-state index is -1.37. The van der Waals surface area contributed by atoms with E-state index < -0.39 is 8.07 Å². The van der Waals surface area contributed by atoms with Crippen LogP contribution in [-0.4, -0.2) is 18.0 Å². The molecule has 0 saturated heterocycles. The summed E-state index contributed by atoms with van der Waals surface area (Å²) in [6, 6.07) is 43.6. The molecule has 3 aliphatic rings. The molecule has 3 fully saturated rings. The van der Waals surface area contributed by atoms with Gasteiger partial charge in [-0.2, -0.15) is 11.3 Å². The summed E-state index contributed by atoms with van der Waals surface area (Å²) in [6.07, 6.45) is 13.7. The second-order valence-electron chi connectivity index (χ2n) is 18.3. The Kier molecular flexibility index (Phi) is 12.3. The van der Waals surface area contributed by atoms with E-state index in [0.717, 1.165) is 46.7 Å². The third kappa shape index (κ3) is 9.18. The molecular formula is C51H54IrN2SSi-2. The van der Waals surface area contributed by atoms with Gasteiger partial charge in [-0.3, -0.25) is 0 Å². The van der Waals surface area contributed by atoms with E-state index in [-0.39, 0.29) is 25.5 Å². The van der Waals surface area contributed by atoms with E-state index in [1.54, 1.807) is 0 Å². The summed E-state index contributed by atoms with van der Waals surface area (Å²) in [5, 5.41) is 4.12. The minimum absolute atomic E-state index is 0. The Bertz CT molecular complexity index is 2400. The van der Waals surface area contributed by atoms with E-state index in [2.05, 4.69) is 144 Å². The van der Waals surface area contributed by atoms with E-state index in [1.807, 2.05) is 35.7 Å². The molecule has 7 aromatic rings. The van der Waals surface area contributed by atoms with E-state index in [9.17, 15) is 0 Å². The van der Waals surface area contributed by atoms with Crippen LogP contribution in [0, 0.1) is 35.3 Å². The van der Waals surface area contributed by atoms with Crippen LogP contribution in [-0.2, 0) is 32.9 Å². The SMILES string of the molecule is CC(C)(C)Cc1cc(-c2[c-]cccc2)ncc1[Si](C)(C)C.[Ir].[c-]1cc2sc3c(-c4ccccc4)cccc3c2cc1-c1cc(CC2CC3CCC2CC3)ccn1. The van der Waals surface area contributed by atoms with Crippen molar-refractivity contribution in [3.63, 3.8) is 0 Å². The molecule has 3 aromatic heterocycles. The fourth-order valence-electron chi connectivity index (χ4n) is 9.14. The van der Waals surface area contributed by atoms with Crippen molar-refractivity contribution in [1.29, 1.82) is 0 Å². The molecule has 0 N–H and O–H groups in total. The molecule has 10 rings (SSSR count). The van der Waals surface area contributed by atoms with Crippen LogP contribution >= 0.6 is 11.3 Å². The van der Waals surface area contributed by atoms with Gasteiger partial charge in [0.25, 0.3) is 0 Å². The van der Waals surface area contributed by atoms with Crippen molar-refractivity contribution >= 4 is 44.8 Å². The Balaban J connectivity index is 0.000000190. The normalized spacial score (nSPS) is 18.0. The zero-order valence-electron chi connectivity index (χ0n) is 33.8. The molecule has 1 radical (unpaired) electrons. The first kappa shape index (κ1) is 40.5. The molecule has 0 aliphatic heterocycles. The van der Waals surface area contributed by atoms with Crippen LogP contribution in [0.3, 0.4) is 0 Å². The summed E-state index contributed by atoms with van der Waals surface area (Å²) >= 11 is 1.87. The maximum Gasteiger partial charge on any atom is 0.0798 e. The van der Waals surface area contributed by atoms with Gasteiger partial charge in [-0.1, -0.05) is 130 Å². The molecular weight excluding hydrogens is 893 g/mol. The second-order valence-corrected chi connectivity index (χ2v) is 24.4. The Hall–Kier alpha value is -3.73. The van der Waals surface area contributed by atoms with Crippen molar-refractivity contribution in [2.75, 3.05) is 0 Å². The van der Waals surface area contributed by atoms with Crippen LogP contribution in [0.25, 0.3) is 53.8 Å². The number of nitrogens with zero attached hydrogens (tertiary/aromatic N) is 2. The van der Waals surface area contributed by atoms with Gasteiger partial charge in [-0.05, 0) is 99.1 Å². The van der Waals surface area contributed by atoms with Crippen LogP contribution in [0.5, 0.6) is 0 Å². The molecule has 0 amide bonds. The molecule has 3 aliphatic carbocycles. The van der Waals surface area contributed by atoms with E-state index in [0.29, 0.717) is 0 Å². The Morgan fingerprint density at radius 1 is 0.768 bits per heavy atom. The Morgan fingerprint density at radius 3 is 2.23 bits per heavy atom. The summed E-state index contributed by atoms with van der Waals surface area (Å²) < 4.78 is 2.64. The van der Waals surface area contributed by atoms with Crippen LogP contribution in [0.15, 0.2) is 116 Å². The van der Waals surface area contributed by atoms with Gasteiger partial charge in [0.15, 0.2) is 0 Å². The molecule has 0 spiro atoms. The molecule has 1 unspecified atom stereocenters. The fourth-order valence-corrected chi connectivity index (χ4v) is 11.9. The van der Waals surface area contributed by atoms with Crippen molar-refractivity contribution in [3.8, 4) is 33.6 Å². The molecule has 5 heteroatoms. The van der Waals surface area contributed by atoms with Gasteiger partial charge in [0, 0.05) is 37.2 Å². The number of pyridine rings is 2. The van der Waals surface area contributed by atoms with Crippen molar-refractivity contribution in [2.45, 2.75) is 85.4 Å². The first-order valence-electron chi connectivity index (χ1n) is 20.3. The summed E-state index contributed by atoms with van der Waals surface area (Å²) in [7, 11) is -1.37. The summed E-state index contributed by atoms with van der Waals surface area (Å²) in [5.74, 6) is 2.80. The Morgan fingerprint density at radius 2 is 1.54 bits per heavy atom. The predicted octanol–water partition coefficient (Wildman–Crippen LogP) is 13.6. The minimum Gasteiger partial charge on any atom is -0.305 e. The van der Waals surface area contributed by atoms with Crippen LogP contribution in [0.4, 0.5) is 0 Å². The number of hydrogen-bond donors (Lipinski definition) is 0. The van der Waals surface area contributed by atoms with Gasteiger partial charge in [0.2, 0.25) is 0 Å². The molecule has 2 nitrogen and oxygen atoms in total. The molecule has 2 bridgehead atoms. The second kappa shape index (κ2) is 17.0. The van der Waals surface area contributed by atoms with Crippen molar-refractivity contribution in [1.82, 2.24) is 9.97 Å². The fraction of sp³-hybridized carbons (Fsp3) is 0.333. The number of hydrogen-bond acceptors (Lipinski definition) is 3. The van der Waals surface area contributed by atoms with Crippen LogP contribution in [0.2, 0.25) is 19.6 Å². The van der Waals surface area contributed by atoms with Crippen molar-refractivity contribution < 1.29 is 20.1 Å². The first-order chi connectivity index (χ1) is 26.5. The van der Waals surface area contributed by atoms with Gasteiger partial charge < -0.3 is 9.97 Å². The predicted molar refractivity (Wildman–Crippen MR) is 239 cm³/mol. The third-order valence-corrected chi connectivity index (χ3v) is 15.1. The van der Waals surface area contributed by atoms with E-state index in [1.165, 1.54) is 86.1 Å². The zero-order chi connectivity index (χ0) is 38.2. The first-order valence-corrected chi connectivity index (χ1v) is 24.6. The molecule has 4 aromatic carbocycles. The van der Waals surface area contributed by atoms with Crippen molar-refractivity contribution in [2.24, 2.45) is 23.2 Å². The third-order valence-electron chi connectivity index (χ3n) is 11.8. The van der Waals surface area contributed by atoms with Gasteiger partial charge in [-0.25, -0.2) is 0 Å². The van der Waals surface area contributed by atoms with Gasteiger partial charge in [-0.15, -0.1) is 59.7 Å². The number of aromatic nitrogens is 2. The largest absolute Gasteiger partial charge is 0.305 e. The monoisotopic (exact) mass is 947 g/mol. The Labute approximate surface area is 353 Å². The van der Waals surface area contributed by atoms with E-state index >= 15 is 0 Å². The molecule has 56 heavy (non-hydrogen) atoms. The zero-order valence-corrected chi connectivity index (χ0v) is 38.0. The number of thiophene rings is 1. The number of benzene rings is 4. The topological polar surface area (TPSA) is 25.8 Å². The summed E-state index contributed by atoms with van der Waals surface area (Å²) in [4.78, 5) is 9.47. The van der Waals surface area contributed by atoms with Crippen molar-refractivity contribution in [3.05, 3.63) is 139 Å². The van der Waals surface area contributed by atoms with Crippen LogP contribution < -0.4 is 5.19 Å². The quantitative estimate of drug-likeness (QED) is 0.118. The molecule has 289 valence electrons. The maximum absolute atomic E-state index is 4.76. The average Bonchev–Trinajstić information content (AvgIpc) is 3.57.